The average Bonchev–Trinajstić information content (AvgIpc) is 2.71. The normalized spacial score (nSPS) is 12.1. The van der Waals surface area contributed by atoms with Gasteiger partial charge in [-0.15, -0.1) is 5.10 Å². The number of hydrazone groups is 1. The highest BCUT2D eigenvalue weighted by molar-refractivity contribution is 6.02. The molecule has 2 aromatic carbocycles. The van der Waals surface area contributed by atoms with Crippen molar-refractivity contribution in [2.24, 2.45) is 5.10 Å². The molecule has 3 aromatic rings. The first-order valence-corrected chi connectivity index (χ1v) is 8.92. The van der Waals surface area contributed by atoms with Crippen LogP contribution in [0.2, 0.25) is 0 Å². The van der Waals surface area contributed by atoms with Gasteiger partial charge in [0.15, 0.2) is 0 Å². The van der Waals surface area contributed by atoms with Crippen LogP contribution in [-0.2, 0) is 4.79 Å². The lowest BCUT2D eigenvalue weighted by atomic mass is 10.0. The van der Waals surface area contributed by atoms with E-state index >= 15 is 0 Å². The molecule has 0 spiro atoms. The van der Waals surface area contributed by atoms with E-state index in [1.54, 1.807) is 0 Å². The van der Waals surface area contributed by atoms with Gasteiger partial charge in [0, 0.05) is 5.56 Å². The molecule has 0 fully saturated rings. The number of amides is 1. The van der Waals surface area contributed by atoms with Crippen LogP contribution in [0.3, 0.4) is 0 Å². The quantitative estimate of drug-likeness (QED) is 0.346. The van der Waals surface area contributed by atoms with Crippen molar-refractivity contribution in [3.63, 3.8) is 0 Å². The Hall–Kier alpha value is -3.95. The van der Waals surface area contributed by atoms with Crippen LogP contribution < -0.4 is 26.7 Å². The predicted octanol–water partition coefficient (Wildman–Crippen LogP) is 0.961. The monoisotopic (exact) mass is 396 g/mol. The number of hydrogen-bond donors (Lipinski definition) is 4. The molecule has 0 saturated carbocycles. The predicted molar refractivity (Wildman–Crippen MR) is 109 cm³/mol. The van der Waals surface area contributed by atoms with E-state index in [4.69, 9.17) is 4.74 Å². The Kier molecular flexibility index (Phi) is 6.03. The first kappa shape index (κ1) is 19.8. The maximum atomic E-state index is 12.3. The van der Waals surface area contributed by atoms with E-state index in [2.05, 4.69) is 26.0 Å². The van der Waals surface area contributed by atoms with E-state index in [1.807, 2.05) is 48.3 Å². The van der Waals surface area contributed by atoms with Crippen molar-refractivity contribution in [1.82, 2.24) is 20.6 Å². The summed E-state index contributed by atoms with van der Waals surface area (Å²) < 4.78 is 5.66. The smallest absolute Gasteiger partial charge is 0.342 e. The zero-order valence-corrected chi connectivity index (χ0v) is 15.9. The molecule has 0 radical (unpaired) electrons. The lowest BCUT2D eigenvalue weighted by Crippen LogP contribution is -2.38. The molecular formula is C19H20N6O4. The van der Waals surface area contributed by atoms with Crippen molar-refractivity contribution in [1.29, 1.82) is 0 Å². The van der Waals surface area contributed by atoms with Crippen LogP contribution in [0.4, 0.5) is 5.82 Å². The number of H-pyrrole nitrogens is 2. The summed E-state index contributed by atoms with van der Waals surface area (Å²) in [5, 5.41) is 14.2. The highest BCUT2D eigenvalue weighted by Crippen LogP contribution is 2.26. The second-order valence-electron chi connectivity index (χ2n) is 6.09. The molecule has 0 aliphatic heterocycles. The van der Waals surface area contributed by atoms with Crippen LogP contribution >= 0.6 is 0 Å². The van der Waals surface area contributed by atoms with Crippen LogP contribution in [-0.4, -0.2) is 40.0 Å². The maximum absolute atomic E-state index is 12.3. The summed E-state index contributed by atoms with van der Waals surface area (Å²) in [5.41, 5.74) is 1.70. The molecule has 150 valence electrons. The molecule has 1 aromatic heterocycles. The Morgan fingerprint density at radius 3 is 2.83 bits per heavy atom. The molecule has 0 aliphatic carbocycles. The Morgan fingerprint density at radius 1 is 1.28 bits per heavy atom. The number of ether oxygens (including phenoxy) is 1. The SMILES string of the molecule is CCOc1ccc2ccccc2c1C=NNC(=O)C(C)Nc1n[nH]c(=O)[nH]c1=O. The van der Waals surface area contributed by atoms with Crippen LogP contribution in [0.5, 0.6) is 5.75 Å². The summed E-state index contributed by atoms with van der Waals surface area (Å²) in [6.07, 6.45) is 1.52. The molecule has 1 atom stereocenters. The molecule has 0 bridgehead atoms. The van der Waals surface area contributed by atoms with Gasteiger partial charge in [0.25, 0.3) is 11.5 Å². The third-order valence-electron chi connectivity index (χ3n) is 4.06. The second kappa shape index (κ2) is 8.83. The number of carbonyl (C=O) groups is 1. The maximum Gasteiger partial charge on any atom is 0.342 e. The minimum atomic E-state index is -0.828. The van der Waals surface area contributed by atoms with Gasteiger partial charge in [0.1, 0.15) is 11.8 Å². The number of nitrogens with one attached hydrogen (secondary N) is 4. The minimum Gasteiger partial charge on any atom is -0.493 e. The molecule has 10 heteroatoms. The van der Waals surface area contributed by atoms with Gasteiger partial charge in [-0.3, -0.25) is 14.6 Å². The van der Waals surface area contributed by atoms with Crippen LogP contribution in [0.15, 0.2) is 51.1 Å². The number of nitrogens with zero attached hydrogens (tertiary/aromatic N) is 2. The number of carbonyl (C=O) groups excluding carboxylic acids is 1. The second-order valence-corrected chi connectivity index (χ2v) is 6.09. The topological polar surface area (TPSA) is 141 Å². The zero-order chi connectivity index (χ0) is 20.8. The standard InChI is InChI=1S/C19H20N6O4/c1-3-29-15-9-8-12-6-4-5-7-13(12)14(15)10-20-24-17(26)11(2)21-16-18(27)22-19(28)25-23-16/h4-11H,3H2,1-2H3,(H,21,23)(H,24,26)(H2,22,25,27,28). The number of aromatic amines is 2. The Morgan fingerprint density at radius 2 is 2.07 bits per heavy atom. The van der Waals surface area contributed by atoms with Crippen molar-refractivity contribution in [3.05, 3.63) is 62.8 Å². The molecule has 10 nitrogen and oxygen atoms in total. The first-order chi connectivity index (χ1) is 14.0. The Balaban J connectivity index is 1.75. The van der Waals surface area contributed by atoms with Crippen molar-refractivity contribution >= 4 is 28.7 Å². The van der Waals surface area contributed by atoms with Crippen LogP contribution in [0, 0.1) is 0 Å². The fourth-order valence-electron chi connectivity index (χ4n) is 2.66. The number of benzene rings is 2. The van der Waals surface area contributed by atoms with Crippen LogP contribution in [0.1, 0.15) is 19.4 Å². The number of anilines is 1. The number of aromatic nitrogens is 3. The van der Waals surface area contributed by atoms with Gasteiger partial charge in [-0.05, 0) is 30.7 Å². The Bertz CT molecular complexity index is 1170. The van der Waals surface area contributed by atoms with E-state index in [1.165, 1.54) is 13.1 Å². The lowest BCUT2D eigenvalue weighted by Gasteiger charge is -2.12. The number of hydrogen-bond acceptors (Lipinski definition) is 7. The molecule has 1 amide bonds. The summed E-state index contributed by atoms with van der Waals surface area (Å²) in [5.74, 6) is -0.0184. The molecule has 1 heterocycles. The minimum absolute atomic E-state index is 0.177. The molecule has 3 rings (SSSR count). The van der Waals surface area contributed by atoms with Gasteiger partial charge in [-0.1, -0.05) is 30.3 Å². The molecule has 0 saturated heterocycles. The third kappa shape index (κ3) is 4.67. The van der Waals surface area contributed by atoms with Crippen LogP contribution in [0.25, 0.3) is 10.8 Å². The fourth-order valence-corrected chi connectivity index (χ4v) is 2.66. The number of fused-ring (bicyclic) bond motifs is 1. The summed E-state index contributed by atoms with van der Waals surface area (Å²) in [7, 11) is 0. The van der Waals surface area contributed by atoms with Gasteiger partial charge in [0.2, 0.25) is 5.82 Å². The van der Waals surface area contributed by atoms with Crippen molar-refractivity contribution in [3.8, 4) is 5.75 Å². The molecule has 29 heavy (non-hydrogen) atoms. The summed E-state index contributed by atoms with van der Waals surface area (Å²) in [6, 6.07) is 10.7. The van der Waals surface area contributed by atoms with Gasteiger partial charge in [-0.25, -0.2) is 15.3 Å². The lowest BCUT2D eigenvalue weighted by molar-refractivity contribution is -0.121. The van der Waals surface area contributed by atoms with Gasteiger partial charge >= 0.3 is 5.69 Å². The highest BCUT2D eigenvalue weighted by atomic mass is 16.5. The fraction of sp³-hybridized carbons (Fsp3) is 0.211. The van der Waals surface area contributed by atoms with Crippen molar-refractivity contribution in [2.45, 2.75) is 19.9 Å². The summed E-state index contributed by atoms with van der Waals surface area (Å²) in [6.45, 7) is 3.91. The summed E-state index contributed by atoms with van der Waals surface area (Å²) >= 11 is 0. The average molecular weight is 396 g/mol. The third-order valence-corrected chi connectivity index (χ3v) is 4.06. The first-order valence-electron chi connectivity index (χ1n) is 8.92. The van der Waals surface area contributed by atoms with E-state index in [-0.39, 0.29) is 5.82 Å². The van der Waals surface area contributed by atoms with Gasteiger partial charge in [-0.2, -0.15) is 5.10 Å². The highest BCUT2D eigenvalue weighted by Gasteiger charge is 2.15. The van der Waals surface area contributed by atoms with E-state index < -0.39 is 23.2 Å². The van der Waals surface area contributed by atoms with E-state index in [0.29, 0.717) is 12.4 Å². The Labute approximate surface area is 165 Å². The molecule has 1 unspecified atom stereocenters. The molecule has 0 aliphatic rings. The molecule has 4 N–H and O–H groups in total. The van der Waals surface area contributed by atoms with Crippen molar-refractivity contribution < 1.29 is 9.53 Å². The largest absolute Gasteiger partial charge is 0.493 e. The van der Waals surface area contributed by atoms with Crippen molar-refractivity contribution in [2.75, 3.05) is 11.9 Å². The van der Waals surface area contributed by atoms with Gasteiger partial charge < -0.3 is 10.1 Å². The number of rotatable bonds is 7. The van der Waals surface area contributed by atoms with E-state index in [0.717, 1.165) is 16.3 Å². The zero-order valence-electron chi connectivity index (χ0n) is 15.9. The summed E-state index contributed by atoms with van der Waals surface area (Å²) in [4.78, 5) is 36.9. The molecular weight excluding hydrogens is 376 g/mol. The van der Waals surface area contributed by atoms with Gasteiger partial charge in [0.05, 0.1) is 12.8 Å². The van der Waals surface area contributed by atoms with E-state index in [9.17, 15) is 14.4 Å².